The van der Waals surface area contributed by atoms with Gasteiger partial charge in [0.15, 0.2) is 17.9 Å². The first kappa shape index (κ1) is 10.9. The van der Waals surface area contributed by atoms with Gasteiger partial charge in [-0.05, 0) is 27.7 Å². The number of rotatable bonds is 0. The molecule has 3 aliphatic rings. The highest BCUT2D eigenvalue weighted by molar-refractivity contribution is 4.95. The molecule has 3 aliphatic heterocycles. The van der Waals surface area contributed by atoms with Gasteiger partial charge < -0.3 is 23.7 Å². The Balaban J connectivity index is 1.81. The van der Waals surface area contributed by atoms with E-state index in [0.29, 0.717) is 6.61 Å². The summed E-state index contributed by atoms with van der Waals surface area (Å²) in [5.41, 5.74) is 0. The van der Waals surface area contributed by atoms with E-state index in [1.165, 1.54) is 0 Å². The van der Waals surface area contributed by atoms with Crippen LogP contribution in [0.15, 0.2) is 0 Å². The molecule has 0 aromatic carbocycles. The molecule has 0 N–H and O–H groups in total. The fourth-order valence-corrected chi connectivity index (χ4v) is 2.57. The molecule has 0 spiro atoms. The predicted octanol–water partition coefficient (Wildman–Crippen LogP) is 1.01. The molecule has 0 amide bonds. The molecule has 0 unspecified atom stereocenters. The van der Waals surface area contributed by atoms with Crippen LogP contribution in [-0.4, -0.2) is 42.8 Å². The van der Waals surface area contributed by atoms with E-state index in [1.54, 1.807) is 0 Å². The van der Waals surface area contributed by atoms with E-state index in [4.69, 9.17) is 23.7 Å². The molecule has 5 nitrogen and oxygen atoms in total. The molecule has 0 aliphatic carbocycles. The lowest BCUT2D eigenvalue weighted by atomic mass is 10.1. The van der Waals surface area contributed by atoms with Gasteiger partial charge in [0.05, 0.1) is 6.61 Å². The van der Waals surface area contributed by atoms with Crippen molar-refractivity contribution in [3.05, 3.63) is 0 Å². The van der Waals surface area contributed by atoms with Crippen LogP contribution in [0.4, 0.5) is 0 Å². The quantitative estimate of drug-likeness (QED) is 0.621. The average molecular weight is 230 g/mol. The van der Waals surface area contributed by atoms with Crippen LogP contribution in [0.3, 0.4) is 0 Å². The number of fused-ring (bicyclic) bond motifs is 3. The van der Waals surface area contributed by atoms with Crippen molar-refractivity contribution in [3.8, 4) is 0 Å². The first-order valence-electron chi connectivity index (χ1n) is 5.69. The van der Waals surface area contributed by atoms with Crippen molar-refractivity contribution >= 4 is 0 Å². The maximum Gasteiger partial charge on any atom is 0.189 e. The molecule has 0 saturated carbocycles. The summed E-state index contributed by atoms with van der Waals surface area (Å²) >= 11 is 0. The van der Waals surface area contributed by atoms with Gasteiger partial charge in [0.25, 0.3) is 0 Å². The van der Waals surface area contributed by atoms with Gasteiger partial charge in [0.1, 0.15) is 18.3 Å². The third-order valence-corrected chi connectivity index (χ3v) is 3.06. The summed E-state index contributed by atoms with van der Waals surface area (Å²) in [6.45, 7) is 8.06. The van der Waals surface area contributed by atoms with Crippen molar-refractivity contribution < 1.29 is 23.7 Å². The Kier molecular flexibility index (Phi) is 2.17. The van der Waals surface area contributed by atoms with Crippen LogP contribution in [0, 0.1) is 0 Å². The minimum Gasteiger partial charge on any atom is -0.347 e. The molecular formula is C11H18O5. The second kappa shape index (κ2) is 3.17. The van der Waals surface area contributed by atoms with Crippen LogP contribution in [0.25, 0.3) is 0 Å². The maximum absolute atomic E-state index is 5.85. The minimum absolute atomic E-state index is 0.0613. The van der Waals surface area contributed by atoms with E-state index >= 15 is 0 Å². The van der Waals surface area contributed by atoms with E-state index < -0.39 is 11.6 Å². The summed E-state index contributed by atoms with van der Waals surface area (Å²) in [5.74, 6) is -1.18. The normalized spacial score (nSPS) is 48.8. The molecule has 0 aromatic rings. The predicted molar refractivity (Wildman–Crippen MR) is 53.6 cm³/mol. The lowest BCUT2D eigenvalue weighted by Gasteiger charge is -2.30. The van der Waals surface area contributed by atoms with Gasteiger partial charge in [0, 0.05) is 0 Å². The summed E-state index contributed by atoms with van der Waals surface area (Å²) in [6.07, 6.45) is -0.700. The van der Waals surface area contributed by atoms with Crippen LogP contribution in [0.1, 0.15) is 27.7 Å². The van der Waals surface area contributed by atoms with Crippen LogP contribution in [0.2, 0.25) is 0 Å². The highest BCUT2D eigenvalue weighted by Crippen LogP contribution is 2.41. The van der Waals surface area contributed by atoms with Crippen molar-refractivity contribution in [2.75, 3.05) is 6.61 Å². The number of hydrogen-bond donors (Lipinski definition) is 0. The highest BCUT2D eigenvalue weighted by atomic mass is 16.8. The first-order valence-corrected chi connectivity index (χ1v) is 5.69. The Morgan fingerprint density at radius 3 is 2.19 bits per heavy atom. The van der Waals surface area contributed by atoms with Gasteiger partial charge in [-0.1, -0.05) is 0 Å². The SMILES string of the molecule is CC1(C)O[C@H]2OC[C@H]3OC(C)(C)O[C@@H]3[C@H]2O1. The van der Waals surface area contributed by atoms with Crippen molar-refractivity contribution in [2.24, 2.45) is 0 Å². The molecule has 3 rings (SSSR count). The monoisotopic (exact) mass is 230 g/mol. The van der Waals surface area contributed by atoms with E-state index in [1.807, 2.05) is 27.7 Å². The molecule has 3 heterocycles. The summed E-state index contributed by atoms with van der Waals surface area (Å²) < 4.78 is 28.6. The third kappa shape index (κ3) is 1.67. The molecule has 5 heteroatoms. The zero-order chi connectivity index (χ0) is 11.6. The van der Waals surface area contributed by atoms with E-state index in [9.17, 15) is 0 Å². The standard InChI is InChI=1S/C11H18O5/c1-10(2)13-6-5-12-9-8(7(6)14-10)15-11(3,4)16-9/h6-9H,5H2,1-4H3/t6-,7+,8-,9-/m1/s1. The van der Waals surface area contributed by atoms with Gasteiger partial charge in [-0.2, -0.15) is 0 Å². The second-order valence-electron chi connectivity index (χ2n) is 5.44. The molecule has 92 valence electrons. The lowest BCUT2D eigenvalue weighted by molar-refractivity contribution is -0.205. The van der Waals surface area contributed by atoms with Gasteiger partial charge in [-0.3, -0.25) is 0 Å². The maximum atomic E-state index is 5.85. The van der Waals surface area contributed by atoms with E-state index in [2.05, 4.69) is 0 Å². The van der Waals surface area contributed by atoms with Crippen molar-refractivity contribution in [1.82, 2.24) is 0 Å². The van der Waals surface area contributed by atoms with Crippen LogP contribution in [-0.2, 0) is 23.7 Å². The zero-order valence-corrected chi connectivity index (χ0v) is 10.1. The number of hydrogen-bond acceptors (Lipinski definition) is 5. The second-order valence-corrected chi connectivity index (χ2v) is 5.44. The molecule has 0 radical (unpaired) electrons. The largest absolute Gasteiger partial charge is 0.347 e. The van der Waals surface area contributed by atoms with Crippen LogP contribution >= 0.6 is 0 Å². The van der Waals surface area contributed by atoms with Gasteiger partial charge in [-0.25, -0.2) is 0 Å². The summed E-state index contributed by atoms with van der Waals surface area (Å²) in [7, 11) is 0. The first-order chi connectivity index (χ1) is 7.36. The molecule has 0 aromatic heterocycles. The van der Waals surface area contributed by atoms with E-state index in [0.717, 1.165) is 0 Å². The van der Waals surface area contributed by atoms with Crippen molar-refractivity contribution in [2.45, 2.75) is 63.9 Å². The summed E-state index contributed by atoms with van der Waals surface area (Å²) in [5, 5.41) is 0. The van der Waals surface area contributed by atoms with Crippen molar-refractivity contribution in [3.63, 3.8) is 0 Å². The molecular weight excluding hydrogens is 212 g/mol. The number of ether oxygens (including phenoxy) is 5. The van der Waals surface area contributed by atoms with Crippen molar-refractivity contribution in [1.29, 1.82) is 0 Å². The topological polar surface area (TPSA) is 46.2 Å². The Morgan fingerprint density at radius 1 is 0.812 bits per heavy atom. The molecule has 4 atom stereocenters. The molecule has 3 saturated heterocycles. The third-order valence-electron chi connectivity index (χ3n) is 3.06. The Hall–Kier alpha value is -0.200. The molecule has 16 heavy (non-hydrogen) atoms. The molecule has 3 fully saturated rings. The summed E-state index contributed by atoms with van der Waals surface area (Å²) in [6, 6.07) is 0. The fraction of sp³-hybridized carbons (Fsp3) is 1.00. The van der Waals surface area contributed by atoms with Gasteiger partial charge in [0.2, 0.25) is 0 Å². The Bertz CT molecular complexity index is 271. The zero-order valence-electron chi connectivity index (χ0n) is 10.1. The van der Waals surface area contributed by atoms with Crippen LogP contribution < -0.4 is 0 Å². The smallest absolute Gasteiger partial charge is 0.189 e. The Morgan fingerprint density at radius 2 is 1.44 bits per heavy atom. The van der Waals surface area contributed by atoms with Gasteiger partial charge in [-0.15, -0.1) is 0 Å². The van der Waals surface area contributed by atoms with Gasteiger partial charge >= 0.3 is 0 Å². The fourth-order valence-electron chi connectivity index (χ4n) is 2.57. The van der Waals surface area contributed by atoms with E-state index in [-0.39, 0.29) is 24.6 Å². The highest BCUT2D eigenvalue weighted by Gasteiger charge is 2.57. The van der Waals surface area contributed by atoms with Crippen LogP contribution in [0.5, 0.6) is 0 Å². The minimum atomic E-state index is -0.611. The lowest BCUT2D eigenvalue weighted by Crippen LogP contribution is -2.50. The summed E-state index contributed by atoms with van der Waals surface area (Å²) in [4.78, 5) is 0. The Labute approximate surface area is 94.9 Å². The average Bonchev–Trinajstić information content (AvgIpc) is 2.58. The molecule has 0 bridgehead atoms.